The molecule has 7 nitrogen and oxygen atoms in total. The van der Waals surface area contributed by atoms with Crippen LogP contribution in [0.2, 0.25) is 0 Å². The number of carbonyl (C=O) groups is 1. The van der Waals surface area contributed by atoms with E-state index >= 15 is 0 Å². The number of ether oxygens (including phenoxy) is 1. The molecule has 2 atom stereocenters. The van der Waals surface area contributed by atoms with E-state index in [9.17, 15) is 4.79 Å². The fourth-order valence-corrected chi connectivity index (χ4v) is 3.07. The van der Waals surface area contributed by atoms with Crippen molar-refractivity contribution in [2.75, 3.05) is 25.9 Å². The number of hydrogen-bond acceptors (Lipinski definition) is 5. The Morgan fingerprint density at radius 3 is 3.00 bits per heavy atom. The van der Waals surface area contributed by atoms with E-state index in [4.69, 9.17) is 10.5 Å². The Labute approximate surface area is 118 Å². The maximum atomic E-state index is 12.1. The predicted molar refractivity (Wildman–Crippen MR) is 73.8 cm³/mol. The molecule has 3 N–H and O–H groups in total. The van der Waals surface area contributed by atoms with Gasteiger partial charge >= 0.3 is 6.09 Å². The topological polar surface area (TPSA) is 87.5 Å². The summed E-state index contributed by atoms with van der Waals surface area (Å²) >= 11 is 0. The Morgan fingerprint density at radius 2 is 2.35 bits per heavy atom. The molecular weight excluding hydrogens is 258 g/mol. The molecule has 2 fully saturated rings. The third-order valence-electron chi connectivity index (χ3n) is 4.18. The van der Waals surface area contributed by atoms with Crippen LogP contribution in [-0.2, 0) is 4.74 Å². The largest absolute Gasteiger partial charge is 0.445 e. The molecule has 1 amide bonds. The van der Waals surface area contributed by atoms with Crippen LogP contribution in [0.1, 0.15) is 37.3 Å². The molecule has 110 valence electrons. The van der Waals surface area contributed by atoms with E-state index in [-0.39, 0.29) is 12.2 Å². The van der Waals surface area contributed by atoms with Gasteiger partial charge in [0.15, 0.2) is 0 Å². The number of aromatic nitrogens is 2. The number of anilines is 1. The van der Waals surface area contributed by atoms with Crippen molar-refractivity contribution >= 4 is 11.9 Å². The van der Waals surface area contributed by atoms with Crippen molar-refractivity contribution in [3.8, 4) is 0 Å². The van der Waals surface area contributed by atoms with Crippen LogP contribution in [-0.4, -0.2) is 52.5 Å². The second-order valence-electron chi connectivity index (χ2n) is 5.62. The highest BCUT2D eigenvalue weighted by Gasteiger charge is 2.32. The van der Waals surface area contributed by atoms with E-state index in [1.165, 1.54) is 0 Å². The minimum absolute atomic E-state index is 0.00831. The van der Waals surface area contributed by atoms with Gasteiger partial charge in [0.1, 0.15) is 11.9 Å². The molecular formula is C13H21N5O2. The van der Waals surface area contributed by atoms with Gasteiger partial charge < -0.3 is 10.5 Å². The predicted octanol–water partition coefficient (Wildman–Crippen LogP) is 1.32. The SMILES string of the molecule is CN1CCCN1C(=O)O[C@@H]1CC[C@H](c2cc(N)n[nH]2)C1. The second kappa shape index (κ2) is 5.32. The van der Waals surface area contributed by atoms with Crippen molar-refractivity contribution in [2.24, 2.45) is 0 Å². The van der Waals surface area contributed by atoms with Gasteiger partial charge in [-0.05, 0) is 25.7 Å². The molecule has 0 aromatic carbocycles. The summed E-state index contributed by atoms with van der Waals surface area (Å²) in [5, 5.41) is 10.5. The summed E-state index contributed by atoms with van der Waals surface area (Å²) in [6, 6.07) is 1.86. The summed E-state index contributed by atoms with van der Waals surface area (Å²) in [6.07, 6.45) is 3.50. The molecule has 1 saturated heterocycles. The van der Waals surface area contributed by atoms with Crippen molar-refractivity contribution < 1.29 is 9.53 Å². The van der Waals surface area contributed by atoms with E-state index < -0.39 is 0 Å². The Bertz CT molecular complexity index is 489. The molecule has 0 bridgehead atoms. The Morgan fingerprint density at radius 1 is 1.50 bits per heavy atom. The van der Waals surface area contributed by atoms with Crippen LogP contribution >= 0.6 is 0 Å². The third-order valence-corrected chi connectivity index (χ3v) is 4.18. The number of aromatic amines is 1. The molecule has 1 aliphatic heterocycles. The van der Waals surface area contributed by atoms with Crippen LogP contribution in [0.4, 0.5) is 10.6 Å². The molecule has 1 aromatic heterocycles. The molecule has 1 aromatic rings. The molecule has 1 saturated carbocycles. The van der Waals surface area contributed by atoms with Crippen molar-refractivity contribution in [2.45, 2.75) is 37.7 Å². The molecule has 7 heteroatoms. The lowest BCUT2D eigenvalue weighted by Crippen LogP contribution is -2.40. The van der Waals surface area contributed by atoms with Crippen LogP contribution in [0, 0.1) is 0 Å². The van der Waals surface area contributed by atoms with Gasteiger partial charge in [-0.15, -0.1) is 0 Å². The first-order valence-corrected chi connectivity index (χ1v) is 7.13. The van der Waals surface area contributed by atoms with Crippen molar-refractivity contribution in [3.63, 3.8) is 0 Å². The number of rotatable bonds is 2. The van der Waals surface area contributed by atoms with Crippen molar-refractivity contribution in [1.82, 2.24) is 20.2 Å². The Hall–Kier alpha value is -1.76. The number of hydrazine groups is 1. The average Bonchev–Trinajstić information content (AvgIpc) is 3.10. The fourth-order valence-electron chi connectivity index (χ4n) is 3.07. The lowest BCUT2D eigenvalue weighted by molar-refractivity contribution is 0.00895. The van der Waals surface area contributed by atoms with Crippen molar-refractivity contribution in [1.29, 1.82) is 0 Å². The minimum Gasteiger partial charge on any atom is -0.445 e. The number of nitrogens with two attached hydrogens (primary N) is 1. The van der Waals surface area contributed by atoms with E-state index in [0.717, 1.165) is 44.5 Å². The van der Waals surface area contributed by atoms with Crippen molar-refractivity contribution in [3.05, 3.63) is 11.8 Å². The molecule has 3 rings (SSSR count). The van der Waals surface area contributed by atoms with Crippen LogP contribution in [0.3, 0.4) is 0 Å². The zero-order chi connectivity index (χ0) is 14.1. The molecule has 2 heterocycles. The lowest BCUT2D eigenvalue weighted by Gasteiger charge is -2.25. The summed E-state index contributed by atoms with van der Waals surface area (Å²) in [5.41, 5.74) is 6.66. The summed E-state index contributed by atoms with van der Waals surface area (Å²) in [5.74, 6) is 0.869. The smallest absolute Gasteiger partial charge is 0.424 e. The van der Waals surface area contributed by atoms with Gasteiger partial charge in [0, 0.05) is 37.8 Å². The Balaban J connectivity index is 1.54. The first kappa shape index (κ1) is 13.2. The van der Waals surface area contributed by atoms with E-state index in [1.807, 2.05) is 18.1 Å². The van der Waals surface area contributed by atoms with E-state index in [2.05, 4.69) is 10.2 Å². The second-order valence-corrected chi connectivity index (χ2v) is 5.62. The van der Waals surface area contributed by atoms with E-state index in [1.54, 1.807) is 5.01 Å². The van der Waals surface area contributed by atoms with Gasteiger partial charge in [-0.2, -0.15) is 5.10 Å². The normalized spacial score (nSPS) is 27.1. The van der Waals surface area contributed by atoms with Gasteiger partial charge in [0.25, 0.3) is 0 Å². The van der Waals surface area contributed by atoms with Crippen LogP contribution in [0.25, 0.3) is 0 Å². The highest BCUT2D eigenvalue weighted by atomic mass is 16.6. The summed E-state index contributed by atoms with van der Waals surface area (Å²) in [6.45, 7) is 1.67. The maximum Gasteiger partial charge on any atom is 0.424 e. The summed E-state index contributed by atoms with van der Waals surface area (Å²) in [7, 11) is 1.92. The molecule has 20 heavy (non-hydrogen) atoms. The van der Waals surface area contributed by atoms with Crippen LogP contribution in [0.15, 0.2) is 6.07 Å². The minimum atomic E-state index is -0.222. The van der Waals surface area contributed by atoms with Gasteiger partial charge in [-0.25, -0.2) is 14.8 Å². The number of H-pyrrole nitrogens is 1. The number of nitrogen functional groups attached to an aromatic ring is 1. The standard InChI is InChI=1S/C13H21N5O2/c1-17-5-2-6-18(17)13(19)20-10-4-3-9(7-10)11-8-12(14)16-15-11/h8-10H,2-7H2,1H3,(H3,14,15,16)/t9-,10+/m0/s1. The first-order valence-electron chi connectivity index (χ1n) is 7.13. The van der Waals surface area contributed by atoms with Gasteiger partial charge in [0.05, 0.1) is 0 Å². The zero-order valence-electron chi connectivity index (χ0n) is 11.7. The number of hydrogen-bond donors (Lipinski definition) is 2. The molecule has 2 aliphatic rings. The monoisotopic (exact) mass is 279 g/mol. The van der Waals surface area contributed by atoms with Crippen LogP contribution in [0.5, 0.6) is 0 Å². The first-order chi connectivity index (χ1) is 9.63. The lowest BCUT2D eigenvalue weighted by atomic mass is 10.0. The fraction of sp³-hybridized carbons (Fsp3) is 0.692. The summed E-state index contributed by atoms with van der Waals surface area (Å²) < 4.78 is 5.60. The van der Waals surface area contributed by atoms with Crippen LogP contribution < -0.4 is 5.73 Å². The number of nitrogens with zero attached hydrogens (tertiary/aromatic N) is 3. The highest BCUT2D eigenvalue weighted by Crippen LogP contribution is 2.35. The molecule has 0 spiro atoms. The number of amides is 1. The highest BCUT2D eigenvalue weighted by molar-refractivity contribution is 5.67. The maximum absolute atomic E-state index is 12.1. The summed E-state index contributed by atoms with van der Waals surface area (Å²) in [4.78, 5) is 12.1. The number of nitrogens with one attached hydrogen (secondary N) is 1. The zero-order valence-corrected chi connectivity index (χ0v) is 11.7. The molecule has 1 aliphatic carbocycles. The molecule has 0 unspecified atom stereocenters. The van der Waals surface area contributed by atoms with E-state index in [0.29, 0.717) is 11.7 Å². The van der Waals surface area contributed by atoms with Gasteiger partial charge in [-0.3, -0.25) is 5.10 Å². The average molecular weight is 279 g/mol. The van der Waals surface area contributed by atoms with Gasteiger partial charge in [-0.1, -0.05) is 0 Å². The van der Waals surface area contributed by atoms with Gasteiger partial charge in [0.2, 0.25) is 0 Å². The third kappa shape index (κ3) is 2.58. The molecule has 0 radical (unpaired) electrons. The quantitative estimate of drug-likeness (QED) is 0.852. The Kier molecular flexibility index (Phi) is 3.52. The number of carbonyl (C=O) groups excluding carboxylic acids is 1.